The second kappa shape index (κ2) is 6.16. The minimum absolute atomic E-state index is 0.129. The Kier molecular flexibility index (Phi) is 4.66. The summed E-state index contributed by atoms with van der Waals surface area (Å²) >= 11 is 6.01. The smallest absolute Gasteiger partial charge is 0.411 e. The Morgan fingerprint density at radius 2 is 2.09 bits per heavy atom. The summed E-state index contributed by atoms with van der Waals surface area (Å²) < 4.78 is 5.43. The van der Waals surface area contributed by atoms with Gasteiger partial charge in [-0.1, -0.05) is 23.7 Å². The van der Waals surface area contributed by atoms with Gasteiger partial charge in [0.1, 0.15) is 11.6 Å². The van der Waals surface area contributed by atoms with Gasteiger partial charge in [0.15, 0.2) is 0 Å². The number of hydrogen-bond donors (Lipinski definition) is 1. The number of piperazine rings is 1. The minimum atomic E-state index is -0.732. The highest BCUT2D eigenvalue weighted by Gasteiger charge is 2.39. The van der Waals surface area contributed by atoms with Crippen LogP contribution in [0.1, 0.15) is 39.3 Å². The molecular weight excluding hydrogens is 304 g/mol. The Balaban J connectivity index is 2.34. The number of carbonyl (C=O) groups excluding carboxylic acids is 2. The van der Waals surface area contributed by atoms with Crippen LogP contribution in [0, 0.1) is 0 Å². The number of benzene rings is 1. The maximum atomic E-state index is 12.5. The van der Waals surface area contributed by atoms with Crippen LogP contribution in [0.15, 0.2) is 24.3 Å². The number of halogens is 1. The molecule has 1 aliphatic heterocycles. The van der Waals surface area contributed by atoms with E-state index in [0.29, 0.717) is 17.1 Å². The standard InChI is InChI=1S/C16H21ClN2O3/c1-10-9-19(15(21)22-16(2,3)4)13(14(20)18-10)11-6-5-7-12(17)8-11/h5-8,10,13H,9H2,1-4H3,(H,18,20)/t10-,13-/m1/s1. The molecule has 0 spiro atoms. The van der Waals surface area contributed by atoms with E-state index in [4.69, 9.17) is 16.3 Å². The van der Waals surface area contributed by atoms with Crippen LogP contribution in [0.25, 0.3) is 0 Å². The fraction of sp³-hybridized carbons (Fsp3) is 0.500. The SMILES string of the molecule is C[C@@H]1CN(C(=O)OC(C)(C)C)[C@H](c2cccc(Cl)c2)C(=O)N1. The maximum Gasteiger partial charge on any atom is 0.411 e. The van der Waals surface area contributed by atoms with Gasteiger partial charge >= 0.3 is 6.09 Å². The zero-order valence-corrected chi connectivity index (χ0v) is 14.0. The molecule has 120 valence electrons. The second-order valence-corrected chi connectivity index (χ2v) is 6.94. The quantitative estimate of drug-likeness (QED) is 0.863. The summed E-state index contributed by atoms with van der Waals surface area (Å²) in [6.45, 7) is 7.63. The number of hydrogen-bond acceptors (Lipinski definition) is 3. The van der Waals surface area contributed by atoms with Crippen LogP contribution in [-0.4, -0.2) is 35.1 Å². The van der Waals surface area contributed by atoms with Crippen molar-refractivity contribution in [1.29, 1.82) is 0 Å². The van der Waals surface area contributed by atoms with Gasteiger partial charge in [-0.3, -0.25) is 9.69 Å². The summed E-state index contributed by atoms with van der Waals surface area (Å²) in [5.41, 5.74) is 0.0513. The van der Waals surface area contributed by atoms with Crippen molar-refractivity contribution in [2.75, 3.05) is 6.54 Å². The Hall–Kier alpha value is -1.75. The van der Waals surface area contributed by atoms with Gasteiger partial charge in [-0.15, -0.1) is 0 Å². The van der Waals surface area contributed by atoms with Gasteiger partial charge in [-0.25, -0.2) is 4.79 Å². The first kappa shape index (κ1) is 16.6. The van der Waals surface area contributed by atoms with Gasteiger partial charge < -0.3 is 10.1 Å². The van der Waals surface area contributed by atoms with Crippen LogP contribution in [0.2, 0.25) is 5.02 Å². The molecular formula is C16H21ClN2O3. The van der Waals surface area contributed by atoms with Crippen molar-refractivity contribution in [2.24, 2.45) is 0 Å². The lowest BCUT2D eigenvalue weighted by molar-refractivity contribution is -0.130. The van der Waals surface area contributed by atoms with E-state index >= 15 is 0 Å². The average Bonchev–Trinajstić information content (AvgIpc) is 2.35. The van der Waals surface area contributed by atoms with Gasteiger partial charge in [-0.05, 0) is 45.4 Å². The van der Waals surface area contributed by atoms with Crippen LogP contribution in [0.5, 0.6) is 0 Å². The van der Waals surface area contributed by atoms with Gasteiger partial charge in [0.2, 0.25) is 5.91 Å². The molecule has 6 heteroatoms. The molecule has 2 atom stereocenters. The predicted molar refractivity (Wildman–Crippen MR) is 84.7 cm³/mol. The Bertz CT molecular complexity index is 583. The second-order valence-electron chi connectivity index (χ2n) is 6.50. The molecule has 0 aromatic heterocycles. The van der Waals surface area contributed by atoms with Crippen molar-refractivity contribution in [3.05, 3.63) is 34.9 Å². The number of ether oxygens (including phenoxy) is 1. The molecule has 22 heavy (non-hydrogen) atoms. The summed E-state index contributed by atoms with van der Waals surface area (Å²) in [5, 5.41) is 3.38. The lowest BCUT2D eigenvalue weighted by atomic mass is 10.0. The zero-order valence-electron chi connectivity index (χ0n) is 13.2. The third-order valence-electron chi connectivity index (χ3n) is 3.21. The molecule has 1 heterocycles. The molecule has 1 aromatic rings. The van der Waals surface area contributed by atoms with Crippen molar-refractivity contribution >= 4 is 23.6 Å². The maximum absolute atomic E-state index is 12.5. The van der Waals surface area contributed by atoms with E-state index in [1.54, 1.807) is 45.0 Å². The van der Waals surface area contributed by atoms with Crippen LogP contribution in [0.3, 0.4) is 0 Å². The van der Waals surface area contributed by atoms with Crippen LogP contribution < -0.4 is 5.32 Å². The number of nitrogens with zero attached hydrogens (tertiary/aromatic N) is 1. The van der Waals surface area contributed by atoms with Crippen molar-refractivity contribution in [2.45, 2.75) is 45.4 Å². The first-order valence-electron chi connectivity index (χ1n) is 7.23. The van der Waals surface area contributed by atoms with E-state index in [2.05, 4.69) is 5.32 Å². The zero-order chi connectivity index (χ0) is 16.5. The number of rotatable bonds is 1. The normalized spacial score (nSPS) is 22.2. The number of carbonyl (C=O) groups is 2. The lowest BCUT2D eigenvalue weighted by Gasteiger charge is -2.39. The predicted octanol–water partition coefficient (Wildman–Crippen LogP) is 3.14. The van der Waals surface area contributed by atoms with E-state index in [0.717, 1.165) is 0 Å². The highest BCUT2D eigenvalue weighted by molar-refractivity contribution is 6.30. The van der Waals surface area contributed by atoms with E-state index in [9.17, 15) is 9.59 Å². The molecule has 0 unspecified atom stereocenters. The molecule has 0 aliphatic carbocycles. The van der Waals surface area contributed by atoms with Crippen molar-refractivity contribution in [1.82, 2.24) is 10.2 Å². The Morgan fingerprint density at radius 1 is 1.41 bits per heavy atom. The van der Waals surface area contributed by atoms with E-state index in [-0.39, 0.29) is 11.9 Å². The van der Waals surface area contributed by atoms with Gasteiger partial charge in [-0.2, -0.15) is 0 Å². The molecule has 1 aromatic carbocycles. The van der Waals surface area contributed by atoms with Crippen molar-refractivity contribution < 1.29 is 14.3 Å². The topological polar surface area (TPSA) is 58.6 Å². The van der Waals surface area contributed by atoms with Gasteiger partial charge in [0.25, 0.3) is 0 Å². The molecule has 5 nitrogen and oxygen atoms in total. The van der Waals surface area contributed by atoms with Gasteiger partial charge in [0.05, 0.1) is 0 Å². The molecule has 2 amide bonds. The number of nitrogens with one attached hydrogen (secondary N) is 1. The molecule has 0 bridgehead atoms. The highest BCUT2D eigenvalue weighted by atomic mass is 35.5. The first-order chi connectivity index (χ1) is 10.2. The molecule has 1 saturated heterocycles. The summed E-state index contributed by atoms with van der Waals surface area (Å²) in [5.74, 6) is -0.230. The fourth-order valence-corrected chi connectivity index (χ4v) is 2.62. The van der Waals surface area contributed by atoms with Crippen LogP contribution in [0.4, 0.5) is 4.79 Å². The summed E-state index contributed by atoms with van der Waals surface area (Å²) in [6.07, 6.45) is -0.501. The van der Waals surface area contributed by atoms with Gasteiger partial charge in [0, 0.05) is 17.6 Å². The molecule has 2 rings (SSSR count). The van der Waals surface area contributed by atoms with E-state index < -0.39 is 17.7 Å². The monoisotopic (exact) mass is 324 g/mol. The molecule has 0 saturated carbocycles. The Labute approximate surface area is 135 Å². The van der Waals surface area contributed by atoms with E-state index in [1.807, 2.05) is 6.92 Å². The Morgan fingerprint density at radius 3 is 2.68 bits per heavy atom. The molecule has 0 radical (unpaired) electrons. The van der Waals surface area contributed by atoms with Crippen LogP contribution in [-0.2, 0) is 9.53 Å². The average molecular weight is 325 g/mol. The fourth-order valence-electron chi connectivity index (χ4n) is 2.42. The minimum Gasteiger partial charge on any atom is -0.444 e. The summed E-state index contributed by atoms with van der Waals surface area (Å²) in [7, 11) is 0. The van der Waals surface area contributed by atoms with Crippen LogP contribution >= 0.6 is 11.6 Å². The van der Waals surface area contributed by atoms with E-state index in [1.165, 1.54) is 4.90 Å². The first-order valence-corrected chi connectivity index (χ1v) is 7.60. The largest absolute Gasteiger partial charge is 0.444 e. The third-order valence-corrected chi connectivity index (χ3v) is 3.45. The third kappa shape index (κ3) is 3.91. The number of amides is 2. The summed E-state index contributed by atoms with van der Waals surface area (Å²) in [6, 6.07) is 6.10. The lowest BCUT2D eigenvalue weighted by Crippen LogP contribution is -2.57. The van der Waals surface area contributed by atoms with Crippen molar-refractivity contribution in [3.8, 4) is 0 Å². The highest BCUT2D eigenvalue weighted by Crippen LogP contribution is 2.28. The molecule has 1 N–H and O–H groups in total. The molecule has 1 aliphatic rings. The van der Waals surface area contributed by atoms with Crippen molar-refractivity contribution in [3.63, 3.8) is 0 Å². The summed E-state index contributed by atoms with van der Waals surface area (Å²) in [4.78, 5) is 26.3. The molecule has 1 fully saturated rings.